The van der Waals surface area contributed by atoms with Gasteiger partial charge in [0.05, 0.1) is 11.9 Å². The van der Waals surface area contributed by atoms with Crippen LogP contribution in [0.15, 0.2) is 6.20 Å². The highest BCUT2D eigenvalue weighted by atomic mass is 16.2. The molecule has 7 nitrogen and oxygen atoms in total. The standard InChI is InChI=1S/C11H17N5O2/c1-2-16-9(7(12)6-14-16)11(18)15-8-4-3-5-13-10(8)17/h6,8H,2-5,12H2,1H3,(H,13,17)(H,15,18). The highest BCUT2D eigenvalue weighted by Crippen LogP contribution is 2.12. The third-order valence-corrected chi connectivity index (χ3v) is 2.97. The molecule has 1 fully saturated rings. The van der Waals surface area contributed by atoms with Gasteiger partial charge in [-0.05, 0) is 19.8 Å². The maximum Gasteiger partial charge on any atom is 0.272 e. The molecule has 0 bridgehead atoms. The van der Waals surface area contributed by atoms with Gasteiger partial charge in [-0.25, -0.2) is 0 Å². The lowest BCUT2D eigenvalue weighted by atomic mass is 10.1. The third-order valence-electron chi connectivity index (χ3n) is 2.97. The van der Waals surface area contributed by atoms with Crippen molar-refractivity contribution in [2.75, 3.05) is 12.3 Å². The predicted octanol–water partition coefficient (Wildman–Crippen LogP) is -0.506. The fourth-order valence-corrected chi connectivity index (χ4v) is 2.02. The fourth-order valence-electron chi connectivity index (χ4n) is 2.02. The van der Waals surface area contributed by atoms with Crippen LogP contribution in [0.1, 0.15) is 30.3 Å². The van der Waals surface area contributed by atoms with E-state index >= 15 is 0 Å². The molecular weight excluding hydrogens is 234 g/mol. The number of hydrogen-bond acceptors (Lipinski definition) is 4. The van der Waals surface area contributed by atoms with Crippen LogP contribution in [0, 0.1) is 0 Å². The number of aromatic nitrogens is 2. The van der Waals surface area contributed by atoms with Crippen molar-refractivity contribution in [3.8, 4) is 0 Å². The number of nitrogens with zero attached hydrogens (tertiary/aromatic N) is 2. The van der Waals surface area contributed by atoms with E-state index in [9.17, 15) is 9.59 Å². The van der Waals surface area contributed by atoms with Gasteiger partial charge in [-0.15, -0.1) is 0 Å². The topological polar surface area (TPSA) is 102 Å². The van der Waals surface area contributed by atoms with Crippen molar-refractivity contribution in [2.45, 2.75) is 32.4 Å². The Labute approximate surface area is 105 Å². The first-order valence-corrected chi connectivity index (χ1v) is 6.03. The number of amides is 2. The predicted molar refractivity (Wildman–Crippen MR) is 65.8 cm³/mol. The summed E-state index contributed by atoms with van der Waals surface area (Å²) in [6, 6.07) is -0.481. The Bertz CT molecular complexity index is 468. The van der Waals surface area contributed by atoms with E-state index in [0.717, 1.165) is 6.42 Å². The maximum absolute atomic E-state index is 12.1. The summed E-state index contributed by atoms with van der Waals surface area (Å²) in [5.74, 6) is -0.496. The van der Waals surface area contributed by atoms with E-state index in [1.165, 1.54) is 10.9 Å². The van der Waals surface area contributed by atoms with Gasteiger partial charge in [0.2, 0.25) is 5.91 Å². The monoisotopic (exact) mass is 251 g/mol. The normalized spacial score (nSPS) is 19.4. The van der Waals surface area contributed by atoms with E-state index in [-0.39, 0.29) is 11.8 Å². The van der Waals surface area contributed by atoms with Crippen LogP contribution >= 0.6 is 0 Å². The maximum atomic E-state index is 12.1. The number of carbonyl (C=O) groups is 2. The largest absolute Gasteiger partial charge is 0.396 e. The Morgan fingerprint density at radius 1 is 1.72 bits per heavy atom. The zero-order valence-electron chi connectivity index (χ0n) is 10.3. The molecule has 2 rings (SSSR count). The van der Waals surface area contributed by atoms with E-state index in [4.69, 9.17) is 5.73 Å². The van der Waals surface area contributed by atoms with Crippen molar-refractivity contribution in [1.82, 2.24) is 20.4 Å². The number of nitrogens with two attached hydrogens (primary N) is 1. The van der Waals surface area contributed by atoms with Gasteiger partial charge in [0.25, 0.3) is 5.91 Å². The second-order valence-electron chi connectivity index (χ2n) is 4.22. The van der Waals surface area contributed by atoms with Gasteiger partial charge < -0.3 is 16.4 Å². The molecule has 0 aromatic carbocycles. The van der Waals surface area contributed by atoms with Crippen molar-refractivity contribution in [1.29, 1.82) is 0 Å². The SMILES string of the molecule is CCn1ncc(N)c1C(=O)NC1CCCNC1=O. The summed E-state index contributed by atoms with van der Waals surface area (Å²) in [5, 5.41) is 9.41. The average Bonchev–Trinajstić information content (AvgIpc) is 2.73. The Kier molecular flexibility index (Phi) is 3.50. The van der Waals surface area contributed by atoms with Gasteiger partial charge >= 0.3 is 0 Å². The number of rotatable bonds is 3. The Morgan fingerprint density at radius 3 is 3.17 bits per heavy atom. The molecule has 0 spiro atoms. The first-order chi connectivity index (χ1) is 8.63. The number of carbonyl (C=O) groups excluding carboxylic acids is 2. The zero-order chi connectivity index (χ0) is 13.1. The molecule has 18 heavy (non-hydrogen) atoms. The molecule has 98 valence electrons. The van der Waals surface area contributed by atoms with E-state index in [1.54, 1.807) is 0 Å². The zero-order valence-corrected chi connectivity index (χ0v) is 10.3. The summed E-state index contributed by atoms with van der Waals surface area (Å²) in [6.07, 6.45) is 2.95. The molecule has 1 aromatic heterocycles. The Balaban J connectivity index is 2.11. The quantitative estimate of drug-likeness (QED) is 0.673. The summed E-state index contributed by atoms with van der Waals surface area (Å²) >= 11 is 0. The smallest absolute Gasteiger partial charge is 0.272 e. The summed E-state index contributed by atoms with van der Waals surface area (Å²) < 4.78 is 1.52. The molecule has 1 saturated heterocycles. The van der Waals surface area contributed by atoms with E-state index in [0.29, 0.717) is 30.9 Å². The van der Waals surface area contributed by atoms with Crippen molar-refractivity contribution in [3.63, 3.8) is 0 Å². The number of nitrogens with one attached hydrogen (secondary N) is 2. The van der Waals surface area contributed by atoms with Crippen LogP contribution in [0.5, 0.6) is 0 Å². The summed E-state index contributed by atoms with van der Waals surface area (Å²) in [6.45, 7) is 3.09. The van der Waals surface area contributed by atoms with Gasteiger partial charge in [-0.1, -0.05) is 0 Å². The molecule has 2 heterocycles. The van der Waals surface area contributed by atoms with Crippen LogP contribution in [-0.4, -0.2) is 34.2 Å². The molecule has 7 heteroatoms. The molecule has 0 aliphatic carbocycles. The molecule has 0 saturated carbocycles. The van der Waals surface area contributed by atoms with Crippen LogP contribution < -0.4 is 16.4 Å². The first kappa shape index (κ1) is 12.4. The number of hydrogen-bond donors (Lipinski definition) is 3. The third kappa shape index (κ3) is 2.29. The molecule has 0 radical (unpaired) electrons. The van der Waals surface area contributed by atoms with Crippen molar-refractivity contribution < 1.29 is 9.59 Å². The molecular formula is C11H17N5O2. The van der Waals surface area contributed by atoms with Gasteiger partial charge in [0, 0.05) is 13.1 Å². The molecule has 1 unspecified atom stereocenters. The van der Waals surface area contributed by atoms with Crippen LogP contribution in [-0.2, 0) is 11.3 Å². The minimum atomic E-state index is -0.481. The molecule has 2 amide bonds. The minimum absolute atomic E-state index is 0.143. The molecule has 1 aliphatic rings. The van der Waals surface area contributed by atoms with E-state index in [1.807, 2.05) is 6.92 Å². The summed E-state index contributed by atoms with van der Waals surface area (Å²) in [7, 11) is 0. The van der Waals surface area contributed by atoms with Gasteiger partial charge in [-0.3, -0.25) is 14.3 Å². The fraction of sp³-hybridized carbons (Fsp3) is 0.545. The lowest BCUT2D eigenvalue weighted by molar-refractivity contribution is -0.124. The van der Waals surface area contributed by atoms with Crippen LogP contribution in [0.25, 0.3) is 0 Å². The second-order valence-corrected chi connectivity index (χ2v) is 4.22. The highest BCUT2D eigenvalue weighted by Gasteiger charge is 2.26. The van der Waals surface area contributed by atoms with E-state index in [2.05, 4.69) is 15.7 Å². The first-order valence-electron chi connectivity index (χ1n) is 6.03. The summed E-state index contributed by atoms with van der Waals surface area (Å²) in [4.78, 5) is 23.6. The highest BCUT2D eigenvalue weighted by molar-refractivity contribution is 6.00. The Morgan fingerprint density at radius 2 is 2.50 bits per heavy atom. The van der Waals surface area contributed by atoms with Gasteiger partial charge in [-0.2, -0.15) is 5.10 Å². The van der Waals surface area contributed by atoms with Crippen LogP contribution in [0.4, 0.5) is 5.69 Å². The number of piperidine rings is 1. The lowest BCUT2D eigenvalue weighted by Crippen LogP contribution is -2.50. The van der Waals surface area contributed by atoms with Crippen LogP contribution in [0.3, 0.4) is 0 Å². The minimum Gasteiger partial charge on any atom is -0.396 e. The average molecular weight is 251 g/mol. The second kappa shape index (κ2) is 5.07. The van der Waals surface area contributed by atoms with Gasteiger partial charge in [0.15, 0.2) is 0 Å². The van der Waals surface area contributed by atoms with Crippen molar-refractivity contribution >= 4 is 17.5 Å². The number of anilines is 1. The van der Waals surface area contributed by atoms with Crippen molar-refractivity contribution in [3.05, 3.63) is 11.9 Å². The van der Waals surface area contributed by atoms with Crippen molar-refractivity contribution in [2.24, 2.45) is 0 Å². The summed E-state index contributed by atoms with van der Waals surface area (Å²) in [5.41, 5.74) is 6.35. The molecule has 4 N–H and O–H groups in total. The van der Waals surface area contributed by atoms with Crippen LogP contribution in [0.2, 0.25) is 0 Å². The van der Waals surface area contributed by atoms with Gasteiger partial charge in [0.1, 0.15) is 11.7 Å². The molecule has 1 aliphatic heterocycles. The lowest BCUT2D eigenvalue weighted by Gasteiger charge is -2.22. The number of aryl methyl sites for hydroxylation is 1. The Hall–Kier alpha value is -2.05. The molecule has 1 atom stereocenters. The number of nitrogen functional groups attached to an aromatic ring is 1. The van der Waals surface area contributed by atoms with E-state index < -0.39 is 6.04 Å². The molecule has 1 aromatic rings.